The van der Waals surface area contributed by atoms with E-state index < -0.39 is 0 Å². The standard InChI is InChI=1S/C16H32N2/c1-17-15-8-10-16(11-9-15)18(2)13-12-14-6-4-3-5-7-14/h14-17H,3-13H2,1-2H3. The van der Waals surface area contributed by atoms with Crippen LogP contribution >= 0.6 is 0 Å². The first-order valence-corrected chi connectivity index (χ1v) is 8.17. The fraction of sp³-hybridized carbons (Fsp3) is 1.00. The summed E-state index contributed by atoms with van der Waals surface area (Å²) in [6, 6.07) is 1.64. The molecule has 2 heteroatoms. The van der Waals surface area contributed by atoms with Gasteiger partial charge in [-0.25, -0.2) is 0 Å². The fourth-order valence-electron chi connectivity index (χ4n) is 3.85. The van der Waals surface area contributed by atoms with Gasteiger partial charge in [-0.1, -0.05) is 32.1 Å². The van der Waals surface area contributed by atoms with Gasteiger partial charge in [-0.2, -0.15) is 0 Å². The van der Waals surface area contributed by atoms with Gasteiger partial charge in [0, 0.05) is 12.1 Å². The summed E-state index contributed by atoms with van der Waals surface area (Å²) in [6.45, 7) is 1.33. The second-order valence-corrected chi connectivity index (χ2v) is 6.57. The van der Waals surface area contributed by atoms with Gasteiger partial charge in [-0.3, -0.25) is 0 Å². The van der Waals surface area contributed by atoms with Gasteiger partial charge in [0.05, 0.1) is 0 Å². The first-order chi connectivity index (χ1) is 8.79. The van der Waals surface area contributed by atoms with Crippen LogP contribution in [0.3, 0.4) is 0 Å². The quantitative estimate of drug-likeness (QED) is 0.806. The predicted molar refractivity (Wildman–Crippen MR) is 78.9 cm³/mol. The Bertz CT molecular complexity index is 215. The molecule has 0 amide bonds. The van der Waals surface area contributed by atoms with Crippen LogP contribution in [0.5, 0.6) is 0 Å². The smallest absolute Gasteiger partial charge is 0.00933 e. The highest BCUT2D eigenvalue weighted by molar-refractivity contribution is 4.81. The number of hydrogen-bond acceptors (Lipinski definition) is 2. The molecule has 0 saturated heterocycles. The van der Waals surface area contributed by atoms with Gasteiger partial charge in [-0.05, 0) is 58.7 Å². The fourth-order valence-corrected chi connectivity index (χ4v) is 3.85. The number of hydrogen-bond donors (Lipinski definition) is 1. The Balaban J connectivity index is 1.63. The Hall–Kier alpha value is -0.0800. The van der Waals surface area contributed by atoms with Crippen molar-refractivity contribution in [2.75, 3.05) is 20.6 Å². The van der Waals surface area contributed by atoms with Crippen LogP contribution in [0.1, 0.15) is 64.2 Å². The molecule has 0 atom stereocenters. The van der Waals surface area contributed by atoms with E-state index in [4.69, 9.17) is 0 Å². The molecule has 2 nitrogen and oxygen atoms in total. The normalized spacial score (nSPS) is 30.8. The first kappa shape index (κ1) is 14.3. The molecule has 0 unspecified atom stereocenters. The number of nitrogens with one attached hydrogen (secondary N) is 1. The second kappa shape index (κ2) is 7.49. The Morgan fingerprint density at radius 3 is 2.22 bits per heavy atom. The second-order valence-electron chi connectivity index (χ2n) is 6.57. The lowest BCUT2D eigenvalue weighted by Gasteiger charge is -2.35. The lowest BCUT2D eigenvalue weighted by atomic mass is 9.86. The van der Waals surface area contributed by atoms with Gasteiger partial charge >= 0.3 is 0 Å². The molecule has 2 fully saturated rings. The summed E-state index contributed by atoms with van der Waals surface area (Å²) < 4.78 is 0. The average molecular weight is 252 g/mol. The zero-order chi connectivity index (χ0) is 12.8. The van der Waals surface area contributed by atoms with E-state index in [0.29, 0.717) is 0 Å². The van der Waals surface area contributed by atoms with Crippen LogP contribution in [0.25, 0.3) is 0 Å². The molecule has 0 aromatic carbocycles. The summed E-state index contributed by atoms with van der Waals surface area (Å²) in [5.41, 5.74) is 0. The highest BCUT2D eigenvalue weighted by Gasteiger charge is 2.23. The third-order valence-corrected chi connectivity index (χ3v) is 5.34. The highest BCUT2D eigenvalue weighted by Crippen LogP contribution is 2.28. The average Bonchev–Trinajstić information content (AvgIpc) is 2.46. The van der Waals surface area contributed by atoms with Crippen molar-refractivity contribution in [3.63, 3.8) is 0 Å². The van der Waals surface area contributed by atoms with Crippen molar-refractivity contribution in [1.29, 1.82) is 0 Å². The molecular weight excluding hydrogens is 220 g/mol. The molecule has 2 rings (SSSR count). The van der Waals surface area contributed by atoms with Crippen molar-refractivity contribution >= 4 is 0 Å². The molecule has 0 aromatic heterocycles. The topological polar surface area (TPSA) is 15.3 Å². The first-order valence-electron chi connectivity index (χ1n) is 8.17. The van der Waals surface area contributed by atoms with Crippen LogP contribution in [0.2, 0.25) is 0 Å². The van der Waals surface area contributed by atoms with Gasteiger partial charge in [0.15, 0.2) is 0 Å². The van der Waals surface area contributed by atoms with E-state index in [9.17, 15) is 0 Å². The predicted octanol–water partition coefficient (Wildman–Crippen LogP) is 3.42. The van der Waals surface area contributed by atoms with E-state index >= 15 is 0 Å². The van der Waals surface area contributed by atoms with Gasteiger partial charge < -0.3 is 10.2 Å². The molecule has 18 heavy (non-hydrogen) atoms. The third kappa shape index (κ3) is 4.24. The Labute approximate surface area is 114 Å². The van der Waals surface area contributed by atoms with Crippen LogP contribution in [0.15, 0.2) is 0 Å². The lowest BCUT2D eigenvalue weighted by molar-refractivity contribution is 0.161. The number of nitrogens with zero attached hydrogens (tertiary/aromatic N) is 1. The molecule has 2 aliphatic carbocycles. The minimum absolute atomic E-state index is 0.785. The van der Waals surface area contributed by atoms with E-state index in [0.717, 1.165) is 18.0 Å². The van der Waals surface area contributed by atoms with Crippen LogP contribution < -0.4 is 5.32 Å². The maximum absolute atomic E-state index is 3.43. The summed E-state index contributed by atoms with van der Waals surface area (Å²) in [7, 11) is 4.46. The highest BCUT2D eigenvalue weighted by atomic mass is 15.1. The molecule has 106 valence electrons. The summed E-state index contributed by atoms with van der Waals surface area (Å²) >= 11 is 0. The molecule has 2 saturated carbocycles. The summed E-state index contributed by atoms with van der Waals surface area (Å²) in [5.74, 6) is 1.04. The molecule has 0 spiro atoms. The Morgan fingerprint density at radius 1 is 0.944 bits per heavy atom. The van der Waals surface area contributed by atoms with Crippen molar-refractivity contribution in [2.24, 2.45) is 5.92 Å². The van der Waals surface area contributed by atoms with Gasteiger partial charge in [0.1, 0.15) is 0 Å². The van der Waals surface area contributed by atoms with Crippen LogP contribution in [0, 0.1) is 5.92 Å². The number of rotatable bonds is 5. The van der Waals surface area contributed by atoms with Crippen LogP contribution in [-0.4, -0.2) is 37.6 Å². The van der Waals surface area contributed by atoms with E-state index in [2.05, 4.69) is 24.3 Å². The molecule has 0 radical (unpaired) electrons. The summed E-state index contributed by atoms with van der Waals surface area (Å²) in [6.07, 6.45) is 14.4. The van der Waals surface area contributed by atoms with Crippen molar-refractivity contribution < 1.29 is 0 Å². The monoisotopic (exact) mass is 252 g/mol. The Kier molecular flexibility index (Phi) is 5.97. The Morgan fingerprint density at radius 2 is 1.61 bits per heavy atom. The summed E-state index contributed by atoms with van der Waals surface area (Å²) in [4.78, 5) is 2.65. The maximum Gasteiger partial charge on any atom is 0.00933 e. The van der Waals surface area contributed by atoms with E-state index in [1.54, 1.807) is 0 Å². The minimum Gasteiger partial charge on any atom is -0.317 e. The van der Waals surface area contributed by atoms with Crippen molar-refractivity contribution in [3.8, 4) is 0 Å². The van der Waals surface area contributed by atoms with Crippen molar-refractivity contribution in [2.45, 2.75) is 76.3 Å². The zero-order valence-corrected chi connectivity index (χ0v) is 12.5. The van der Waals surface area contributed by atoms with Crippen molar-refractivity contribution in [3.05, 3.63) is 0 Å². The molecule has 2 aliphatic rings. The molecular formula is C16H32N2. The zero-order valence-electron chi connectivity index (χ0n) is 12.5. The third-order valence-electron chi connectivity index (χ3n) is 5.34. The largest absolute Gasteiger partial charge is 0.317 e. The van der Waals surface area contributed by atoms with Gasteiger partial charge in [0.2, 0.25) is 0 Å². The molecule has 0 aromatic rings. The lowest BCUT2D eigenvalue weighted by Crippen LogP contribution is -2.40. The van der Waals surface area contributed by atoms with Gasteiger partial charge in [0.25, 0.3) is 0 Å². The molecule has 1 N–H and O–H groups in total. The van der Waals surface area contributed by atoms with Crippen molar-refractivity contribution in [1.82, 2.24) is 10.2 Å². The molecule has 0 bridgehead atoms. The summed E-state index contributed by atoms with van der Waals surface area (Å²) in [5, 5.41) is 3.43. The van der Waals surface area contributed by atoms with Crippen LogP contribution in [0.4, 0.5) is 0 Å². The molecule has 0 heterocycles. The van der Waals surface area contributed by atoms with Crippen LogP contribution in [-0.2, 0) is 0 Å². The van der Waals surface area contributed by atoms with E-state index in [1.165, 1.54) is 70.8 Å². The van der Waals surface area contributed by atoms with E-state index in [1.807, 2.05) is 0 Å². The SMILES string of the molecule is CNC1CCC(N(C)CCC2CCCCC2)CC1. The minimum atomic E-state index is 0.785. The molecule has 0 aliphatic heterocycles. The van der Waals surface area contributed by atoms with Gasteiger partial charge in [-0.15, -0.1) is 0 Å². The maximum atomic E-state index is 3.43. The van der Waals surface area contributed by atoms with E-state index in [-0.39, 0.29) is 0 Å².